The molecule has 3 aromatic heterocycles. The molecule has 0 radical (unpaired) electrons. The summed E-state index contributed by atoms with van der Waals surface area (Å²) < 4.78 is 1.66. The molecule has 0 bridgehead atoms. The van der Waals surface area contributed by atoms with Gasteiger partial charge in [-0.15, -0.1) is 5.10 Å². The molecular formula is C23H22ClN7O. The van der Waals surface area contributed by atoms with E-state index in [0.717, 1.165) is 31.6 Å². The fraction of sp³-hybridized carbons (Fsp3) is 0.261. The number of anilines is 1. The first-order chi connectivity index (χ1) is 15.6. The number of benzene rings is 1. The summed E-state index contributed by atoms with van der Waals surface area (Å²) >= 11 is 6.46. The second-order valence-corrected chi connectivity index (χ2v) is 8.34. The van der Waals surface area contributed by atoms with Crippen molar-refractivity contribution in [3.63, 3.8) is 0 Å². The fourth-order valence-electron chi connectivity index (χ4n) is 4.16. The van der Waals surface area contributed by atoms with Gasteiger partial charge in [-0.3, -0.25) is 9.69 Å². The van der Waals surface area contributed by atoms with Crippen molar-refractivity contribution in [2.24, 2.45) is 0 Å². The van der Waals surface area contributed by atoms with Crippen LogP contribution in [0, 0.1) is 0 Å². The number of fused-ring (bicyclic) bond motifs is 1. The van der Waals surface area contributed by atoms with E-state index in [-0.39, 0.29) is 11.9 Å². The van der Waals surface area contributed by atoms with Gasteiger partial charge >= 0.3 is 0 Å². The van der Waals surface area contributed by atoms with Crippen LogP contribution in [0.3, 0.4) is 0 Å². The van der Waals surface area contributed by atoms with Gasteiger partial charge in [-0.1, -0.05) is 16.8 Å². The highest BCUT2D eigenvalue weighted by molar-refractivity contribution is 6.33. The number of piperidine rings is 1. The standard InChI is InChI=1S/C23H22ClN7O/c1-29-14-4-5-18(15-29)30(21-19(24)6-2-12-25-21)23(32)16-8-10-17(11-9-16)31-22-20(27-28-31)7-3-13-26-22/h2-3,6-13,18H,4-5,14-15H2,1H3/t18-/m1/s1. The van der Waals surface area contributed by atoms with Crippen LogP contribution in [-0.4, -0.2) is 61.9 Å². The van der Waals surface area contributed by atoms with Crippen molar-refractivity contribution in [1.82, 2.24) is 29.9 Å². The molecule has 0 aliphatic carbocycles. The largest absolute Gasteiger partial charge is 0.304 e. The number of carbonyl (C=O) groups excluding carboxylic acids is 1. The van der Waals surface area contributed by atoms with Gasteiger partial charge in [0.2, 0.25) is 0 Å². The van der Waals surface area contributed by atoms with Gasteiger partial charge in [0.25, 0.3) is 5.91 Å². The topological polar surface area (TPSA) is 80.0 Å². The quantitative estimate of drug-likeness (QED) is 0.475. The van der Waals surface area contributed by atoms with Crippen LogP contribution in [0.25, 0.3) is 16.9 Å². The van der Waals surface area contributed by atoms with Crippen LogP contribution in [0.15, 0.2) is 60.9 Å². The number of likely N-dealkylation sites (tertiary alicyclic amines) is 1. The lowest BCUT2D eigenvalue weighted by Crippen LogP contribution is -2.50. The zero-order chi connectivity index (χ0) is 22.1. The normalized spacial score (nSPS) is 16.9. The predicted octanol–water partition coefficient (Wildman–Crippen LogP) is 3.60. The van der Waals surface area contributed by atoms with Gasteiger partial charge in [-0.25, -0.2) is 9.97 Å². The highest BCUT2D eigenvalue weighted by atomic mass is 35.5. The Labute approximate surface area is 190 Å². The van der Waals surface area contributed by atoms with E-state index in [2.05, 4.69) is 32.2 Å². The van der Waals surface area contributed by atoms with E-state index < -0.39 is 0 Å². The second-order valence-electron chi connectivity index (χ2n) is 7.94. The molecule has 32 heavy (non-hydrogen) atoms. The third kappa shape index (κ3) is 3.83. The minimum atomic E-state index is -0.126. The number of carbonyl (C=O) groups is 1. The highest BCUT2D eigenvalue weighted by Crippen LogP contribution is 2.29. The van der Waals surface area contributed by atoms with Crippen LogP contribution in [-0.2, 0) is 0 Å². The zero-order valence-electron chi connectivity index (χ0n) is 17.6. The van der Waals surface area contributed by atoms with Crippen molar-refractivity contribution < 1.29 is 4.79 Å². The maximum atomic E-state index is 13.7. The molecular weight excluding hydrogens is 426 g/mol. The Kier molecular flexibility index (Phi) is 5.55. The summed E-state index contributed by atoms with van der Waals surface area (Å²) in [5.74, 6) is 0.369. The fourth-order valence-corrected chi connectivity index (χ4v) is 4.38. The van der Waals surface area contributed by atoms with Crippen molar-refractivity contribution >= 4 is 34.5 Å². The van der Waals surface area contributed by atoms with Gasteiger partial charge < -0.3 is 4.90 Å². The molecule has 0 N–H and O–H groups in total. The molecule has 1 aliphatic heterocycles. The summed E-state index contributed by atoms with van der Waals surface area (Å²) in [7, 11) is 2.07. The summed E-state index contributed by atoms with van der Waals surface area (Å²) in [5, 5.41) is 8.80. The molecule has 0 saturated carbocycles. The zero-order valence-corrected chi connectivity index (χ0v) is 18.4. The van der Waals surface area contributed by atoms with E-state index >= 15 is 0 Å². The Morgan fingerprint density at radius 1 is 1.09 bits per heavy atom. The van der Waals surface area contributed by atoms with E-state index in [0.29, 0.717) is 27.6 Å². The molecule has 5 rings (SSSR count). The van der Waals surface area contributed by atoms with Crippen LogP contribution in [0.5, 0.6) is 0 Å². The number of amides is 1. The minimum Gasteiger partial charge on any atom is -0.304 e. The van der Waals surface area contributed by atoms with Crippen LogP contribution in [0.4, 0.5) is 5.82 Å². The average molecular weight is 448 g/mol. The highest BCUT2D eigenvalue weighted by Gasteiger charge is 2.31. The average Bonchev–Trinajstić information content (AvgIpc) is 3.25. The lowest BCUT2D eigenvalue weighted by molar-refractivity contribution is 0.0960. The summed E-state index contributed by atoms with van der Waals surface area (Å²) in [6, 6.07) is 14.5. The van der Waals surface area contributed by atoms with Crippen molar-refractivity contribution in [2.75, 3.05) is 25.0 Å². The molecule has 4 aromatic rings. The Morgan fingerprint density at radius 2 is 1.88 bits per heavy atom. The summed E-state index contributed by atoms with van der Waals surface area (Å²) in [6.45, 7) is 1.79. The number of halogens is 1. The molecule has 9 heteroatoms. The molecule has 1 amide bonds. The molecule has 1 aromatic carbocycles. The third-order valence-corrected chi connectivity index (χ3v) is 6.01. The van der Waals surface area contributed by atoms with Crippen LogP contribution >= 0.6 is 11.6 Å². The summed E-state index contributed by atoms with van der Waals surface area (Å²) in [6.07, 6.45) is 5.29. The van der Waals surface area contributed by atoms with Gasteiger partial charge in [0.05, 0.1) is 16.8 Å². The van der Waals surface area contributed by atoms with Crippen molar-refractivity contribution in [2.45, 2.75) is 18.9 Å². The van der Waals surface area contributed by atoms with Gasteiger partial charge in [-0.2, -0.15) is 4.68 Å². The summed E-state index contributed by atoms with van der Waals surface area (Å²) in [4.78, 5) is 26.5. The van der Waals surface area contributed by atoms with Crippen LogP contribution in [0.1, 0.15) is 23.2 Å². The smallest absolute Gasteiger partial charge is 0.259 e. The number of rotatable bonds is 4. The molecule has 1 saturated heterocycles. The Bertz CT molecular complexity index is 1260. The first kappa shape index (κ1) is 20.5. The molecule has 0 spiro atoms. The van der Waals surface area contributed by atoms with Crippen molar-refractivity contribution in [3.8, 4) is 5.69 Å². The molecule has 162 valence electrons. The first-order valence-electron chi connectivity index (χ1n) is 10.5. The molecule has 1 fully saturated rings. The number of aromatic nitrogens is 5. The first-order valence-corrected chi connectivity index (χ1v) is 10.9. The van der Waals surface area contributed by atoms with E-state index in [1.807, 2.05) is 24.3 Å². The van der Waals surface area contributed by atoms with E-state index in [1.165, 1.54) is 0 Å². The SMILES string of the molecule is CN1CCC[C@@H](N(C(=O)c2ccc(-n3nnc4cccnc43)cc2)c2ncccc2Cl)C1. The third-order valence-electron chi connectivity index (χ3n) is 5.72. The molecule has 4 heterocycles. The second kappa shape index (κ2) is 8.64. The van der Waals surface area contributed by atoms with Crippen molar-refractivity contribution in [1.29, 1.82) is 0 Å². The van der Waals surface area contributed by atoms with Crippen molar-refractivity contribution in [3.05, 3.63) is 71.5 Å². The van der Waals surface area contributed by atoms with Gasteiger partial charge in [-0.05, 0) is 75.0 Å². The number of nitrogens with zero attached hydrogens (tertiary/aromatic N) is 7. The predicted molar refractivity (Wildman–Crippen MR) is 123 cm³/mol. The van der Waals surface area contributed by atoms with Crippen LogP contribution < -0.4 is 4.90 Å². The monoisotopic (exact) mass is 447 g/mol. The molecule has 8 nitrogen and oxygen atoms in total. The number of hydrogen-bond donors (Lipinski definition) is 0. The molecule has 1 aliphatic rings. The van der Waals surface area contributed by atoms with Gasteiger partial charge in [0.1, 0.15) is 5.52 Å². The lowest BCUT2D eigenvalue weighted by Gasteiger charge is -2.37. The maximum absolute atomic E-state index is 13.7. The number of hydrogen-bond acceptors (Lipinski definition) is 6. The minimum absolute atomic E-state index is 0.00298. The van der Waals surface area contributed by atoms with E-state index in [4.69, 9.17) is 11.6 Å². The summed E-state index contributed by atoms with van der Waals surface area (Å²) in [5.41, 5.74) is 2.72. The number of pyridine rings is 2. The maximum Gasteiger partial charge on any atom is 0.259 e. The Hall–Kier alpha value is -3.36. The van der Waals surface area contributed by atoms with E-state index in [1.54, 1.807) is 46.2 Å². The lowest BCUT2D eigenvalue weighted by atomic mass is 10.0. The Morgan fingerprint density at radius 3 is 2.66 bits per heavy atom. The number of likely N-dealkylation sites (N-methyl/N-ethyl adjacent to an activating group) is 1. The van der Waals surface area contributed by atoms with E-state index in [9.17, 15) is 4.79 Å². The van der Waals surface area contributed by atoms with Gasteiger partial charge in [0.15, 0.2) is 11.5 Å². The molecule has 0 unspecified atom stereocenters. The molecule has 1 atom stereocenters. The Balaban J connectivity index is 1.49. The van der Waals surface area contributed by atoms with Gasteiger partial charge in [0, 0.05) is 24.5 Å². The van der Waals surface area contributed by atoms with Crippen LogP contribution in [0.2, 0.25) is 5.02 Å².